The summed E-state index contributed by atoms with van der Waals surface area (Å²) in [6.45, 7) is 4.26. The number of nitrogens with zero attached hydrogens (tertiary/aromatic N) is 2. The van der Waals surface area contributed by atoms with Gasteiger partial charge in [-0.15, -0.1) is 0 Å². The molecule has 27 heavy (non-hydrogen) atoms. The van der Waals surface area contributed by atoms with E-state index in [1.54, 1.807) is 32.5 Å². The molecule has 0 aliphatic heterocycles. The minimum atomic E-state index is 0.200. The van der Waals surface area contributed by atoms with Gasteiger partial charge in [0.2, 0.25) is 0 Å². The Balaban J connectivity index is 2.22. The first kappa shape index (κ1) is 17.1. The summed E-state index contributed by atoms with van der Waals surface area (Å²) in [6.07, 6.45) is 1.79. The predicted molar refractivity (Wildman–Crippen MR) is 106 cm³/mol. The van der Waals surface area contributed by atoms with Crippen LogP contribution in [0.4, 0.5) is 0 Å². The summed E-state index contributed by atoms with van der Waals surface area (Å²) in [5, 5.41) is 19.8. The third-order valence-corrected chi connectivity index (χ3v) is 4.79. The summed E-state index contributed by atoms with van der Waals surface area (Å²) < 4.78 is 11.3. The number of methoxy groups -OCH3 is 2. The number of aromatic nitrogens is 3. The summed E-state index contributed by atoms with van der Waals surface area (Å²) >= 11 is 0. The number of H-pyrrole nitrogens is 1. The Kier molecular flexibility index (Phi) is 4.11. The van der Waals surface area contributed by atoms with E-state index in [4.69, 9.17) is 14.5 Å². The summed E-state index contributed by atoms with van der Waals surface area (Å²) in [5.74, 6) is 1.81. The van der Waals surface area contributed by atoms with Gasteiger partial charge in [-0.2, -0.15) is 5.10 Å². The number of nitrogens with one attached hydrogen (secondary N) is 1. The molecule has 0 unspecified atom stereocenters. The Morgan fingerprint density at radius 2 is 1.78 bits per heavy atom. The Morgan fingerprint density at radius 3 is 2.41 bits per heavy atom. The van der Waals surface area contributed by atoms with Gasteiger partial charge in [0.05, 0.1) is 26.1 Å². The third-order valence-electron chi connectivity index (χ3n) is 4.79. The van der Waals surface area contributed by atoms with Gasteiger partial charge in [0.15, 0.2) is 17.1 Å². The molecule has 4 rings (SSSR count). The van der Waals surface area contributed by atoms with E-state index >= 15 is 0 Å². The zero-order valence-electron chi connectivity index (χ0n) is 15.7. The molecule has 2 heterocycles. The second-order valence-electron chi connectivity index (χ2n) is 6.74. The molecule has 0 aliphatic carbocycles. The first-order chi connectivity index (χ1) is 13.0. The van der Waals surface area contributed by atoms with Crippen molar-refractivity contribution in [3.63, 3.8) is 0 Å². The number of fused-ring (bicyclic) bond motifs is 3. The zero-order chi connectivity index (χ0) is 19.1. The van der Waals surface area contributed by atoms with Crippen molar-refractivity contribution in [2.24, 2.45) is 0 Å². The van der Waals surface area contributed by atoms with Gasteiger partial charge in [-0.05, 0) is 36.2 Å². The fourth-order valence-corrected chi connectivity index (χ4v) is 3.61. The van der Waals surface area contributed by atoms with Crippen LogP contribution in [0.1, 0.15) is 25.3 Å². The number of phenolic OH excluding ortho intramolecular Hbond substituents is 1. The molecule has 0 radical (unpaired) electrons. The largest absolute Gasteiger partial charge is 0.508 e. The summed E-state index contributed by atoms with van der Waals surface area (Å²) in [6, 6.07) is 8.98. The number of rotatable bonds is 4. The molecule has 0 aliphatic rings. The molecule has 0 saturated carbocycles. The van der Waals surface area contributed by atoms with Crippen LogP contribution in [0.5, 0.6) is 17.2 Å². The lowest BCUT2D eigenvalue weighted by atomic mass is 9.91. The maximum Gasteiger partial charge on any atom is 0.164 e. The van der Waals surface area contributed by atoms with Crippen LogP contribution >= 0.6 is 0 Å². The van der Waals surface area contributed by atoms with Gasteiger partial charge in [0.1, 0.15) is 5.75 Å². The Labute approximate surface area is 156 Å². The van der Waals surface area contributed by atoms with Gasteiger partial charge in [0, 0.05) is 27.3 Å². The molecular weight excluding hydrogens is 342 g/mol. The highest BCUT2D eigenvalue weighted by atomic mass is 16.5. The maximum atomic E-state index is 9.65. The Morgan fingerprint density at radius 1 is 1.04 bits per heavy atom. The van der Waals surface area contributed by atoms with E-state index in [-0.39, 0.29) is 11.7 Å². The molecule has 138 valence electrons. The average molecular weight is 363 g/mol. The van der Waals surface area contributed by atoms with E-state index in [0.717, 1.165) is 38.7 Å². The lowest BCUT2D eigenvalue weighted by Gasteiger charge is -2.20. The minimum Gasteiger partial charge on any atom is -0.508 e. The molecule has 2 N–H and O–H groups in total. The number of ether oxygens (including phenoxy) is 2. The number of hydrogen-bond donors (Lipinski definition) is 2. The summed E-state index contributed by atoms with van der Waals surface area (Å²) in [4.78, 5) is 4.80. The van der Waals surface area contributed by atoms with Crippen LogP contribution in [0.25, 0.3) is 33.1 Å². The van der Waals surface area contributed by atoms with Crippen LogP contribution in [0, 0.1) is 0 Å². The number of pyridine rings is 1. The number of phenols is 1. The van der Waals surface area contributed by atoms with Crippen molar-refractivity contribution in [1.82, 2.24) is 15.2 Å². The van der Waals surface area contributed by atoms with Crippen molar-refractivity contribution in [2.45, 2.75) is 19.8 Å². The normalized spacial score (nSPS) is 11.4. The molecular formula is C21H21N3O3. The standard InChI is InChI=1S/C21H21N3O3/c1-11(2)17-18-14(9-16(26-3)20(17)27-4)19(12-5-7-13(25)8-6-12)23-21-15(18)10-22-24-21/h5-11,25H,1-4H3,(H,22,23,24). The maximum absolute atomic E-state index is 9.65. The zero-order valence-corrected chi connectivity index (χ0v) is 15.7. The van der Waals surface area contributed by atoms with Crippen LogP contribution in [-0.2, 0) is 0 Å². The van der Waals surface area contributed by atoms with Crippen LogP contribution in [0.2, 0.25) is 0 Å². The quantitative estimate of drug-likeness (QED) is 0.553. The topological polar surface area (TPSA) is 80.3 Å². The van der Waals surface area contributed by atoms with E-state index in [2.05, 4.69) is 24.0 Å². The highest BCUT2D eigenvalue weighted by Crippen LogP contribution is 2.45. The molecule has 0 saturated heterocycles. The minimum absolute atomic E-state index is 0.200. The molecule has 4 aromatic rings. The highest BCUT2D eigenvalue weighted by molar-refractivity contribution is 6.13. The fourth-order valence-electron chi connectivity index (χ4n) is 3.61. The van der Waals surface area contributed by atoms with Gasteiger partial charge < -0.3 is 14.6 Å². The van der Waals surface area contributed by atoms with E-state index in [9.17, 15) is 5.11 Å². The van der Waals surface area contributed by atoms with Crippen molar-refractivity contribution in [1.29, 1.82) is 0 Å². The molecule has 2 aromatic heterocycles. The number of aromatic amines is 1. The van der Waals surface area contributed by atoms with Gasteiger partial charge in [-0.3, -0.25) is 5.10 Å². The molecule has 0 amide bonds. The van der Waals surface area contributed by atoms with E-state index in [1.807, 2.05) is 18.2 Å². The van der Waals surface area contributed by atoms with Crippen LogP contribution in [-0.4, -0.2) is 34.5 Å². The van der Waals surface area contributed by atoms with Crippen LogP contribution in [0.15, 0.2) is 36.5 Å². The molecule has 6 nitrogen and oxygen atoms in total. The van der Waals surface area contributed by atoms with Gasteiger partial charge >= 0.3 is 0 Å². The number of hydrogen-bond acceptors (Lipinski definition) is 5. The van der Waals surface area contributed by atoms with E-state index < -0.39 is 0 Å². The lowest BCUT2D eigenvalue weighted by molar-refractivity contribution is 0.351. The third kappa shape index (κ3) is 2.65. The monoisotopic (exact) mass is 363 g/mol. The van der Waals surface area contributed by atoms with Crippen molar-refractivity contribution in [3.8, 4) is 28.5 Å². The van der Waals surface area contributed by atoms with Crippen molar-refractivity contribution >= 4 is 21.8 Å². The van der Waals surface area contributed by atoms with Crippen LogP contribution < -0.4 is 9.47 Å². The Bertz CT molecular complexity index is 1130. The SMILES string of the molecule is COc1cc2c(-c3ccc(O)cc3)nc3[nH]ncc3c2c(C(C)C)c1OC. The van der Waals surface area contributed by atoms with E-state index in [0.29, 0.717) is 11.4 Å². The second-order valence-corrected chi connectivity index (χ2v) is 6.74. The fraction of sp³-hybridized carbons (Fsp3) is 0.238. The molecule has 0 atom stereocenters. The second kappa shape index (κ2) is 6.46. The lowest BCUT2D eigenvalue weighted by Crippen LogP contribution is -2.01. The predicted octanol–water partition coefficient (Wildman–Crippen LogP) is 4.62. The first-order valence-electron chi connectivity index (χ1n) is 8.76. The Hall–Kier alpha value is -3.28. The smallest absolute Gasteiger partial charge is 0.164 e. The summed E-state index contributed by atoms with van der Waals surface area (Å²) in [7, 11) is 3.29. The van der Waals surface area contributed by atoms with Gasteiger partial charge in [0.25, 0.3) is 0 Å². The van der Waals surface area contributed by atoms with E-state index in [1.165, 1.54) is 0 Å². The highest BCUT2D eigenvalue weighted by Gasteiger charge is 2.23. The molecule has 0 bridgehead atoms. The molecule has 6 heteroatoms. The summed E-state index contributed by atoms with van der Waals surface area (Å²) in [5.41, 5.74) is 3.46. The van der Waals surface area contributed by atoms with Crippen molar-refractivity contribution < 1.29 is 14.6 Å². The molecule has 0 fully saturated rings. The van der Waals surface area contributed by atoms with Crippen molar-refractivity contribution in [2.75, 3.05) is 14.2 Å². The van der Waals surface area contributed by atoms with Crippen molar-refractivity contribution in [3.05, 3.63) is 42.1 Å². The molecule has 0 spiro atoms. The average Bonchev–Trinajstić information content (AvgIpc) is 3.14. The number of aromatic hydroxyl groups is 1. The van der Waals surface area contributed by atoms with Gasteiger partial charge in [-0.25, -0.2) is 4.98 Å². The first-order valence-corrected chi connectivity index (χ1v) is 8.76. The van der Waals surface area contributed by atoms with Crippen LogP contribution in [0.3, 0.4) is 0 Å². The van der Waals surface area contributed by atoms with Gasteiger partial charge in [-0.1, -0.05) is 13.8 Å². The number of benzene rings is 2. The molecule has 2 aromatic carbocycles.